The summed E-state index contributed by atoms with van der Waals surface area (Å²) in [5.41, 5.74) is 3.81. The molecule has 0 fully saturated rings. The smallest absolute Gasteiger partial charge is 0.0801 e. The first-order valence-corrected chi connectivity index (χ1v) is 4.80. The lowest BCUT2D eigenvalue weighted by atomic mass is 9.86. The average molecular weight is 176 g/mol. The van der Waals surface area contributed by atoms with Crippen molar-refractivity contribution in [3.8, 4) is 0 Å². The predicted molar refractivity (Wildman–Crippen MR) is 53.8 cm³/mol. The molecular formula is C12H16O. The Labute approximate surface area is 79.4 Å². The third kappa shape index (κ3) is 1.28. The van der Waals surface area contributed by atoms with Gasteiger partial charge in [0.15, 0.2) is 0 Å². The minimum absolute atomic E-state index is 0.141. The van der Waals surface area contributed by atoms with Gasteiger partial charge in [0.2, 0.25) is 0 Å². The van der Waals surface area contributed by atoms with Crippen LogP contribution in [0.15, 0.2) is 18.2 Å². The maximum atomic E-state index is 9.84. The van der Waals surface area contributed by atoms with Crippen molar-refractivity contribution in [3.05, 3.63) is 34.9 Å². The maximum Gasteiger partial charge on any atom is 0.0801 e. The van der Waals surface area contributed by atoms with E-state index in [1.54, 1.807) is 0 Å². The summed E-state index contributed by atoms with van der Waals surface area (Å²) in [5, 5.41) is 9.84. The second kappa shape index (κ2) is 2.58. The van der Waals surface area contributed by atoms with Gasteiger partial charge in [-0.3, -0.25) is 0 Å². The van der Waals surface area contributed by atoms with Gasteiger partial charge in [0.1, 0.15) is 0 Å². The molecule has 0 bridgehead atoms. The van der Waals surface area contributed by atoms with E-state index >= 15 is 0 Å². The summed E-state index contributed by atoms with van der Waals surface area (Å²) in [6.07, 6.45) is 0.594. The molecule has 1 aliphatic carbocycles. The minimum atomic E-state index is -0.259. The van der Waals surface area contributed by atoms with E-state index in [0.29, 0.717) is 0 Å². The molecule has 0 heterocycles. The number of benzene rings is 1. The van der Waals surface area contributed by atoms with Crippen LogP contribution in [0.4, 0.5) is 0 Å². The van der Waals surface area contributed by atoms with Gasteiger partial charge in [-0.25, -0.2) is 0 Å². The summed E-state index contributed by atoms with van der Waals surface area (Å²) in [6.45, 7) is 6.45. The topological polar surface area (TPSA) is 20.2 Å². The molecule has 0 radical (unpaired) electrons. The molecule has 0 unspecified atom stereocenters. The summed E-state index contributed by atoms with van der Waals surface area (Å²) >= 11 is 0. The molecule has 0 saturated heterocycles. The second-order valence-corrected chi connectivity index (χ2v) is 4.69. The van der Waals surface area contributed by atoms with Crippen molar-refractivity contribution in [3.63, 3.8) is 0 Å². The van der Waals surface area contributed by atoms with Gasteiger partial charge < -0.3 is 5.11 Å². The van der Waals surface area contributed by atoms with E-state index in [9.17, 15) is 5.11 Å². The molecule has 1 aromatic carbocycles. The SMILES string of the molecule is Cc1ccc2c(c1)[C@H](O)CC2(C)C. The van der Waals surface area contributed by atoms with Crippen LogP contribution >= 0.6 is 0 Å². The van der Waals surface area contributed by atoms with Crippen molar-refractivity contribution in [2.75, 3.05) is 0 Å². The van der Waals surface area contributed by atoms with Crippen molar-refractivity contribution in [2.24, 2.45) is 0 Å². The van der Waals surface area contributed by atoms with E-state index < -0.39 is 0 Å². The van der Waals surface area contributed by atoms with E-state index in [2.05, 4.69) is 39.0 Å². The molecule has 1 aromatic rings. The molecule has 0 saturated carbocycles. The lowest BCUT2D eigenvalue weighted by Gasteiger charge is -2.18. The monoisotopic (exact) mass is 176 g/mol. The van der Waals surface area contributed by atoms with E-state index in [-0.39, 0.29) is 11.5 Å². The maximum absolute atomic E-state index is 9.84. The molecule has 1 heteroatoms. The van der Waals surface area contributed by atoms with E-state index in [4.69, 9.17) is 0 Å². The number of aliphatic hydroxyl groups is 1. The zero-order valence-electron chi connectivity index (χ0n) is 8.46. The Hall–Kier alpha value is -0.820. The molecule has 1 nitrogen and oxygen atoms in total. The van der Waals surface area contributed by atoms with Crippen LogP contribution < -0.4 is 0 Å². The van der Waals surface area contributed by atoms with Gasteiger partial charge in [0, 0.05) is 0 Å². The van der Waals surface area contributed by atoms with Gasteiger partial charge in [-0.15, -0.1) is 0 Å². The Morgan fingerprint density at radius 1 is 1.38 bits per heavy atom. The third-order valence-electron chi connectivity index (χ3n) is 3.00. The Morgan fingerprint density at radius 2 is 2.08 bits per heavy atom. The molecule has 0 spiro atoms. The highest BCUT2D eigenvalue weighted by atomic mass is 16.3. The average Bonchev–Trinajstić information content (AvgIpc) is 2.22. The first-order chi connectivity index (χ1) is 6.00. The number of fused-ring (bicyclic) bond motifs is 1. The Kier molecular flexibility index (Phi) is 1.74. The summed E-state index contributed by atoms with van der Waals surface area (Å²) in [6, 6.07) is 6.38. The minimum Gasteiger partial charge on any atom is -0.388 e. The van der Waals surface area contributed by atoms with Gasteiger partial charge in [-0.2, -0.15) is 0 Å². The molecule has 0 aliphatic heterocycles. The van der Waals surface area contributed by atoms with Gasteiger partial charge >= 0.3 is 0 Å². The standard InChI is InChI=1S/C12H16O/c1-8-4-5-10-9(6-8)11(13)7-12(10,2)3/h4-6,11,13H,7H2,1-3H3/t11-/m1/s1. The quantitative estimate of drug-likeness (QED) is 0.644. The van der Waals surface area contributed by atoms with Crippen molar-refractivity contribution >= 4 is 0 Å². The molecule has 1 N–H and O–H groups in total. The second-order valence-electron chi connectivity index (χ2n) is 4.69. The normalized spacial score (nSPS) is 24.5. The highest BCUT2D eigenvalue weighted by Gasteiger charge is 2.35. The first-order valence-electron chi connectivity index (χ1n) is 4.80. The van der Waals surface area contributed by atoms with Crippen LogP contribution in [0.2, 0.25) is 0 Å². The van der Waals surface area contributed by atoms with E-state index in [1.165, 1.54) is 11.1 Å². The lowest BCUT2D eigenvalue weighted by molar-refractivity contribution is 0.161. The molecule has 13 heavy (non-hydrogen) atoms. The summed E-state index contributed by atoms with van der Waals surface area (Å²) in [4.78, 5) is 0. The Morgan fingerprint density at radius 3 is 2.77 bits per heavy atom. The molecule has 0 aromatic heterocycles. The zero-order valence-corrected chi connectivity index (χ0v) is 8.46. The van der Waals surface area contributed by atoms with Gasteiger partial charge in [-0.05, 0) is 29.9 Å². The van der Waals surface area contributed by atoms with E-state index in [1.807, 2.05) is 0 Å². The van der Waals surface area contributed by atoms with Crippen LogP contribution in [0.25, 0.3) is 0 Å². The molecule has 0 amide bonds. The van der Waals surface area contributed by atoms with Crippen molar-refractivity contribution in [1.82, 2.24) is 0 Å². The first kappa shape index (κ1) is 8.76. The third-order valence-corrected chi connectivity index (χ3v) is 3.00. The Bertz CT molecular complexity index is 339. The number of aryl methyl sites for hydroxylation is 1. The van der Waals surface area contributed by atoms with Gasteiger partial charge in [-0.1, -0.05) is 37.6 Å². The largest absolute Gasteiger partial charge is 0.388 e. The van der Waals surface area contributed by atoms with Crippen LogP contribution in [0, 0.1) is 6.92 Å². The molecule has 1 atom stereocenters. The van der Waals surface area contributed by atoms with Crippen LogP contribution in [0.1, 0.15) is 43.1 Å². The molecular weight excluding hydrogens is 160 g/mol. The van der Waals surface area contributed by atoms with E-state index in [0.717, 1.165) is 12.0 Å². The fourth-order valence-corrected chi connectivity index (χ4v) is 2.28. The number of aliphatic hydroxyl groups excluding tert-OH is 1. The van der Waals surface area contributed by atoms with Crippen LogP contribution in [-0.2, 0) is 5.41 Å². The summed E-state index contributed by atoms with van der Waals surface area (Å²) < 4.78 is 0. The fraction of sp³-hybridized carbons (Fsp3) is 0.500. The lowest BCUT2D eigenvalue weighted by Crippen LogP contribution is -2.12. The molecule has 70 valence electrons. The van der Waals surface area contributed by atoms with Crippen LogP contribution in [-0.4, -0.2) is 5.11 Å². The number of hydrogen-bond donors (Lipinski definition) is 1. The molecule has 1 aliphatic rings. The zero-order chi connectivity index (χ0) is 9.64. The Balaban J connectivity index is 2.59. The number of rotatable bonds is 0. The van der Waals surface area contributed by atoms with Gasteiger partial charge in [0.25, 0.3) is 0 Å². The van der Waals surface area contributed by atoms with Crippen molar-refractivity contribution < 1.29 is 5.11 Å². The number of hydrogen-bond acceptors (Lipinski definition) is 1. The van der Waals surface area contributed by atoms with Crippen molar-refractivity contribution in [2.45, 2.75) is 38.7 Å². The summed E-state index contributed by atoms with van der Waals surface area (Å²) in [5.74, 6) is 0. The highest BCUT2D eigenvalue weighted by molar-refractivity contribution is 5.42. The van der Waals surface area contributed by atoms with Crippen LogP contribution in [0.5, 0.6) is 0 Å². The summed E-state index contributed by atoms with van der Waals surface area (Å²) in [7, 11) is 0. The van der Waals surface area contributed by atoms with Gasteiger partial charge in [0.05, 0.1) is 6.10 Å². The van der Waals surface area contributed by atoms with Crippen LogP contribution in [0.3, 0.4) is 0 Å². The predicted octanol–water partition coefficient (Wildman–Crippen LogP) is 2.71. The van der Waals surface area contributed by atoms with Crippen molar-refractivity contribution in [1.29, 1.82) is 0 Å². The highest BCUT2D eigenvalue weighted by Crippen LogP contribution is 2.44. The molecule has 2 rings (SSSR count). The fourth-order valence-electron chi connectivity index (χ4n) is 2.28.